The van der Waals surface area contributed by atoms with Gasteiger partial charge in [0.15, 0.2) is 11.6 Å². The molecule has 2 heterocycles. The highest BCUT2D eigenvalue weighted by molar-refractivity contribution is 7.88. The molecule has 1 saturated carbocycles. The van der Waals surface area contributed by atoms with Crippen LogP contribution in [0.4, 0.5) is 9.18 Å². The van der Waals surface area contributed by atoms with E-state index < -0.39 is 33.8 Å². The summed E-state index contributed by atoms with van der Waals surface area (Å²) in [4.78, 5) is 32.3. The minimum Gasteiger partial charge on any atom is -0.490 e. The smallest absolute Gasteiger partial charge is 0.324 e. The van der Waals surface area contributed by atoms with Gasteiger partial charge in [0.1, 0.15) is 12.4 Å². The second-order valence-electron chi connectivity index (χ2n) is 8.26. The van der Waals surface area contributed by atoms with E-state index in [1.165, 1.54) is 35.5 Å². The molecule has 0 radical (unpaired) electrons. The number of benzene rings is 1. The number of nitrogens with zero attached hydrogens (tertiary/aromatic N) is 3. The average molecular weight is 478 g/mol. The normalized spacial score (nSPS) is 17.2. The number of carbonyl (C=O) groups excluding carboxylic acids is 2. The molecule has 1 aliphatic carbocycles. The molecule has 12 heteroatoms. The molecule has 0 unspecified atom stereocenters. The lowest BCUT2D eigenvalue weighted by Crippen LogP contribution is -2.29. The minimum atomic E-state index is -3.76. The molecule has 33 heavy (non-hydrogen) atoms. The molecule has 2 aliphatic rings. The number of hydrogen-bond acceptors (Lipinski definition) is 7. The van der Waals surface area contributed by atoms with Crippen LogP contribution >= 0.6 is 0 Å². The molecule has 1 atom stereocenters. The zero-order chi connectivity index (χ0) is 23.6. The first-order chi connectivity index (χ1) is 15.7. The molecule has 4 rings (SSSR count). The van der Waals surface area contributed by atoms with E-state index in [0.29, 0.717) is 23.7 Å². The molecule has 2 aromatic rings. The van der Waals surface area contributed by atoms with E-state index in [1.54, 1.807) is 6.92 Å². The van der Waals surface area contributed by atoms with Crippen molar-refractivity contribution in [2.24, 2.45) is 5.92 Å². The lowest BCUT2D eigenvalue weighted by Gasteiger charge is -2.16. The van der Waals surface area contributed by atoms with Crippen LogP contribution in [0.15, 0.2) is 30.6 Å². The summed E-state index contributed by atoms with van der Waals surface area (Å²) in [6.07, 6.45) is 4.89. The van der Waals surface area contributed by atoms with Gasteiger partial charge < -0.3 is 9.64 Å². The van der Waals surface area contributed by atoms with E-state index in [2.05, 4.69) is 20.0 Å². The quantitative estimate of drug-likeness (QED) is 0.498. The molecular weight excluding hydrogens is 453 g/mol. The summed E-state index contributed by atoms with van der Waals surface area (Å²) < 4.78 is 47.4. The number of nitrogens with one attached hydrogen (secondary N) is 2. The molecule has 2 fully saturated rings. The van der Waals surface area contributed by atoms with Crippen molar-refractivity contribution < 1.29 is 27.1 Å². The maximum Gasteiger partial charge on any atom is 0.324 e. The van der Waals surface area contributed by atoms with Crippen LogP contribution < -0.4 is 14.8 Å². The Morgan fingerprint density at radius 2 is 2.00 bits per heavy atom. The number of halogens is 1. The first-order valence-electron chi connectivity index (χ1n) is 10.5. The molecule has 1 aromatic carbocycles. The van der Waals surface area contributed by atoms with Crippen molar-refractivity contribution in [1.82, 2.24) is 24.9 Å². The lowest BCUT2D eigenvalue weighted by atomic mass is 10.1. The number of amides is 3. The molecule has 3 amide bonds. The van der Waals surface area contributed by atoms with E-state index in [9.17, 15) is 22.4 Å². The number of ether oxygens (including phenoxy) is 1. The molecule has 1 aromatic heterocycles. The van der Waals surface area contributed by atoms with Crippen LogP contribution in [0.2, 0.25) is 0 Å². The Balaban J connectivity index is 1.35. The summed E-state index contributed by atoms with van der Waals surface area (Å²) >= 11 is 0. The number of imide groups is 1. The summed E-state index contributed by atoms with van der Waals surface area (Å²) in [6.45, 7) is 2.08. The number of carbonyl (C=O) groups is 2. The Labute approximate surface area is 190 Å². The molecule has 0 spiro atoms. The van der Waals surface area contributed by atoms with Gasteiger partial charge >= 0.3 is 6.03 Å². The van der Waals surface area contributed by atoms with E-state index in [4.69, 9.17) is 4.74 Å². The van der Waals surface area contributed by atoms with Crippen molar-refractivity contribution in [3.63, 3.8) is 0 Å². The highest BCUT2D eigenvalue weighted by Gasteiger charge is 2.27. The summed E-state index contributed by atoms with van der Waals surface area (Å²) in [6, 6.07) is 3.18. The van der Waals surface area contributed by atoms with Crippen molar-refractivity contribution in [1.29, 1.82) is 0 Å². The summed E-state index contributed by atoms with van der Waals surface area (Å²) in [5.74, 6) is -0.372. The number of rotatable bonds is 10. The number of aromatic nitrogens is 2. The Kier molecular flexibility index (Phi) is 6.56. The fourth-order valence-electron chi connectivity index (χ4n) is 3.31. The largest absolute Gasteiger partial charge is 0.490 e. The number of hydrogen-bond donors (Lipinski definition) is 2. The lowest BCUT2D eigenvalue weighted by molar-refractivity contribution is -0.118. The topological polar surface area (TPSA) is 131 Å². The van der Waals surface area contributed by atoms with E-state index in [1.807, 2.05) is 0 Å². The van der Waals surface area contributed by atoms with Gasteiger partial charge in [-0.2, -0.15) is 0 Å². The van der Waals surface area contributed by atoms with Crippen molar-refractivity contribution in [2.75, 3.05) is 13.2 Å². The highest BCUT2D eigenvalue weighted by atomic mass is 32.2. The van der Waals surface area contributed by atoms with Gasteiger partial charge in [-0.25, -0.2) is 32.3 Å². The van der Waals surface area contributed by atoms with Crippen LogP contribution in [-0.2, 0) is 27.1 Å². The van der Waals surface area contributed by atoms with Crippen LogP contribution in [0.1, 0.15) is 42.8 Å². The maximum absolute atomic E-state index is 14.0. The molecule has 10 nitrogen and oxygen atoms in total. The average Bonchev–Trinajstić information content (AvgIpc) is 3.52. The molecule has 176 valence electrons. The summed E-state index contributed by atoms with van der Waals surface area (Å²) in [5, 5.41) is 2.16. The van der Waals surface area contributed by atoms with Gasteiger partial charge in [0, 0.05) is 24.0 Å². The van der Waals surface area contributed by atoms with Crippen molar-refractivity contribution in [3.8, 4) is 5.75 Å². The minimum absolute atomic E-state index is 0.0373. The molecule has 1 saturated heterocycles. The Bertz CT molecular complexity index is 1150. The van der Waals surface area contributed by atoms with Gasteiger partial charge in [0.05, 0.1) is 18.9 Å². The molecule has 1 aliphatic heterocycles. The second kappa shape index (κ2) is 9.40. The SMILES string of the molecule is C[C@@H](NS(=O)(=O)Cc1cnc(CN2CC(=O)NC2=O)nc1)c1ccc(F)c(OCC2CC2)c1. The predicted molar refractivity (Wildman–Crippen MR) is 115 cm³/mol. The number of sulfonamides is 1. The van der Waals surface area contributed by atoms with E-state index in [0.717, 1.165) is 12.8 Å². The Morgan fingerprint density at radius 3 is 2.64 bits per heavy atom. The van der Waals surface area contributed by atoms with Crippen LogP contribution in [0.5, 0.6) is 5.75 Å². The van der Waals surface area contributed by atoms with Crippen LogP contribution in [-0.4, -0.2) is 48.4 Å². The fourth-order valence-corrected chi connectivity index (χ4v) is 4.66. The third-order valence-electron chi connectivity index (χ3n) is 5.30. The third kappa shape index (κ3) is 6.23. The molecule has 0 bridgehead atoms. The van der Waals surface area contributed by atoms with Gasteiger partial charge in [-0.05, 0) is 43.4 Å². The highest BCUT2D eigenvalue weighted by Crippen LogP contribution is 2.31. The molecule has 2 N–H and O–H groups in total. The van der Waals surface area contributed by atoms with Crippen LogP contribution in [0.3, 0.4) is 0 Å². The second-order valence-corrected chi connectivity index (χ2v) is 10.0. The summed E-state index contributed by atoms with van der Waals surface area (Å²) in [5.41, 5.74) is 0.934. The van der Waals surface area contributed by atoms with E-state index >= 15 is 0 Å². The van der Waals surface area contributed by atoms with Crippen molar-refractivity contribution >= 4 is 22.0 Å². The molecular formula is C21H24FN5O5S. The standard InChI is InChI=1S/C21H24FN5O5S/c1-13(16-4-5-17(22)18(6-16)32-11-14-2-3-14)26-33(30,31)12-15-7-23-19(24-8-15)9-27-10-20(28)25-21(27)29/h4-8,13-14,26H,2-3,9-12H2,1H3,(H,25,28,29)/t13-/m1/s1. The first-order valence-corrected chi connectivity index (χ1v) is 12.1. The first kappa shape index (κ1) is 23.1. The Hall–Kier alpha value is -3.12. The Morgan fingerprint density at radius 1 is 1.27 bits per heavy atom. The van der Waals surface area contributed by atoms with Crippen molar-refractivity contribution in [2.45, 2.75) is 38.1 Å². The zero-order valence-electron chi connectivity index (χ0n) is 18.0. The van der Waals surface area contributed by atoms with Gasteiger partial charge in [-0.1, -0.05) is 6.07 Å². The van der Waals surface area contributed by atoms with Crippen LogP contribution in [0.25, 0.3) is 0 Å². The van der Waals surface area contributed by atoms with Gasteiger partial charge in [0.2, 0.25) is 15.9 Å². The van der Waals surface area contributed by atoms with Crippen molar-refractivity contribution in [3.05, 3.63) is 53.4 Å². The maximum atomic E-state index is 14.0. The number of urea groups is 1. The third-order valence-corrected chi connectivity index (χ3v) is 6.72. The van der Waals surface area contributed by atoms with E-state index in [-0.39, 0.29) is 30.4 Å². The predicted octanol–water partition coefficient (Wildman–Crippen LogP) is 1.64. The van der Waals surface area contributed by atoms with Gasteiger partial charge in [0.25, 0.3) is 0 Å². The summed E-state index contributed by atoms with van der Waals surface area (Å²) in [7, 11) is -3.76. The fraction of sp³-hybridized carbons (Fsp3) is 0.429. The van der Waals surface area contributed by atoms with Gasteiger partial charge in [-0.3, -0.25) is 10.1 Å². The zero-order valence-corrected chi connectivity index (χ0v) is 18.8. The van der Waals surface area contributed by atoms with Gasteiger partial charge in [-0.15, -0.1) is 0 Å². The monoisotopic (exact) mass is 477 g/mol. The van der Waals surface area contributed by atoms with Crippen LogP contribution in [0, 0.1) is 11.7 Å².